The predicted octanol–water partition coefficient (Wildman–Crippen LogP) is 2.44. The number of hydrogen-bond acceptors (Lipinski definition) is 5. The summed E-state index contributed by atoms with van der Waals surface area (Å²) >= 11 is 0. The zero-order chi connectivity index (χ0) is 14.5. The second-order valence-electron chi connectivity index (χ2n) is 4.52. The van der Waals surface area contributed by atoms with Gasteiger partial charge in [-0.3, -0.25) is 0 Å². The fourth-order valence-corrected chi connectivity index (χ4v) is 2.25. The van der Waals surface area contributed by atoms with Crippen LogP contribution in [0.2, 0.25) is 0 Å². The Kier molecular flexibility index (Phi) is 4.74. The molecular weight excluding hydrogens is 260 g/mol. The smallest absolute Gasteiger partial charge is 0.164 e. The maximum atomic E-state index is 10.5. The second-order valence-corrected chi connectivity index (χ2v) is 4.52. The number of aliphatic hydroxyl groups is 1. The molecule has 2 rings (SSSR count). The van der Waals surface area contributed by atoms with Crippen LogP contribution in [-0.4, -0.2) is 33.0 Å². The highest BCUT2D eigenvalue weighted by atomic mass is 16.5. The molecule has 20 heavy (non-hydrogen) atoms. The molecule has 5 nitrogen and oxygen atoms in total. The third-order valence-electron chi connectivity index (χ3n) is 3.34. The molecule has 1 heterocycles. The largest absolute Gasteiger partial charge is 0.501 e. The summed E-state index contributed by atoms with van der Waals surface area (Å²) in [5.41, 5.74) is 1.48. The minimum absolute atomic E-state index is 0.555. The molecule has 1 N–H and O–H groups in total. The van der Waals surface area contributed by atoms with E-state index in [-0.39, 0.29) is 0 Å². The van der Waals surface area contributed by atoms with Gasteiger partial charge in [0.15, 0.2) is 11.5 Å². The third kappa shape index (κ3) is 2.82. The van der Waals surface area contributed by atoms with Crippen molar-refractivity contribution in [2.24, 2.45) is 0 Å². The maximum absolute atomic E-state index is 10.5. The van der Waals surface area contributed by atoms with Crippen LogP contribution in [0.15, 0.2) is 24.0 Å². The van der Waals surface area contributed by atoms with Crippen molar-refractivity contribution in [3.8, 4) is 17.2 Å². The molecule has 5 heteroatoms. The van der Waals surface area contributed by atoms with E-state index in [0.717, 1.165) is 18.4 Å². The van der Waals surface area contributed by atoms with Gasteiger partial charge in [0.05, 0.1) is 34.2 Å². The van der Waals surface area contributed by atoms with Gasteiger partial charge in [-0.2, -0.15) is 0 Å². The van der Waals surface area contributed by atoms with E-state index in [4.69, 9.17) is 18.9 Å². The lowest BCUT2D eigenvalue weighted by molar-refractivity contribution is 0.167. The Morgan fingerprint density at radius 3 is 2.25 bits per heavy atom. The molecule has 0 fully saturated rings. The molecule has 0 aliphatic carbocycles. The molecule has 1 unspecified atom stereocenters. The average molecular weight is 280 g/mol. The number of benzene rings is 1. The molecule has 0 saturated heterocycles. The zero-order valence-corrected chi connectivity index (χ0v) is 12.0. The molecule has 110 valence electrons. The van der Waals surface area contributed by atoms with Crippen molar-refractivity contribution in [3.63, 3.8) is 0 Å². The summed E-state index contributed by atoms with van der Waals surface area (Å²) in [4.78, 5) is 0. The Labute approximate surface area is 118 Å². The molecule has 1 aromatic carbocycles. The highest BCUT2D eigenvalue weighted by Crippen LogP contribution is 2.40. The fourth-order valence-electron chi connectivity index (χ4n) is 2.25. The Morgan fingerprint density at radius 2 is 1.70 bits per heavy atom. The van der Waals surface area contributed by atoms with Crippen LogP contribution in [0.1, 0.15) is 24.5 Å². The normalized spacial score (nSPS) is 15.9. The third-order valence-corrected chi connectivity index (χ3v) is 3.34. The topological polar surface area (TPSA) is 57.2 Å². The number of rotatable bonds is 5. The lowest BCUT2D eigenvalue weighted by Crippen LogP contribution is -2.09. The number of hydrogen-bond donors (Lipinski definition) is 1. The first kappa shape index (κ1) is 14.5. The molecule has 0 saturated carbocycles. The summed E-state index contributed by atoms with van der Waals surface area (Å²) in [6, 6.07) is 3.44. The molecule has 1 aromatic rings. The summed E-state index contributed by atoms with van der Waals surface area (Å²) in [5.74, 6) is 1.68. The molecular formula is C15H20O5. The van der Waals surface area contributed by atoms with Gasteiger partial charge in [0.25, 0.3) is 0 Å². The lowest BCUT2D eigenvalue weighted by atomic mass is 9.97. The first-order chi connectivity index (χ1) is 9.71. The molecule has 0 spiro atoms. The van der Waals surface area contributed by atoms with Crippen LogP contribution in [0.3, 0.4) is 0 Å². The van der Waals surface area contributed by atoms with E-state index >= 15 is 0 Å². The second kappa shape index (κ2) is 6.52. The van der Waals surface area contributed by atoms with Crippen molar-refractivity contribution in [1.82, 2.24) is 0 Å². The minimum Gasteiger partial charge on any atom is -0.501 e. The van der Waals surface area contributed by atoms with Crippen molar-refractivity contribution in [1.29, 1.82) is 0 Å². The average Bonchev–Trinajstić information content (AvgIpc) is 2.53. The van der Waals surface area contributed by atoms with Crippen molar-refractivity contribution >= 4 is 0 Å². The number of aliphatic hydroxyl groups excluding tert-OH is 1. The number of methoxy groups -OCH3 is 3. The van der Waals surface area contributed by atoms with Gasteiger partial charge in [-0.05, 0) is 24.5 Å². The maximum Gasteiger partial charge on any atom is 0.164 e. The van der Waals surface area contributed by atoms with E-state index in [1.54, 1.807) is 39.7 Å². The molecule has 1 atom stereocenters. The zero-order valence-electron chi connectivity index (χ0n) is 12.0. The van der Waals surface area contributed by atoms with Crippen LogP contribution in [0.4, 0.5) is 0 Å². The van der Waals surface area contributed by atoms with E-state index in [2.05, 4.69) is 0 Å². The van der Waals surface area contributed by atoms with Crippen LogP contribution in [0.5, 0.6) is 17.2 Å². The SMILES string of the molecule is COc1cc(OC)c(C(O)C2=COCCC2)cc1OC. The monoisotopic (exact) mass is 280 g/mol. The lowest BCUT2D eigenvalue weighted by Gasteiger charge is -2.22. The summed E-state index contributed by atoms with van der Waals surface area (Å²) in [6.45, 7) is 0.694. The van der Waals surface area contributed by atoms with Crippen LogP contribution >= 0.6 is 0 Å². The quantitative estimate of drug-likeness (QED) is 0.897. The summed E-state index contributed by atoms with van der Waals surface area (Å²) in [5, 5.41) is 10.5. The Hall–Kier alpha value is -1.88. The Bertz CT molecular complexity index is 495. The van der Waals surface area contributed by atoms with Gasteiger partial charge in [-0.15, -0.1) is 0 Å². The van der Waals surface area contributed by atoms with Crippen molar-refractivity contribution in [3.05, 3.63) is 29.5 Å². The molecule has 0 bridgehead atoms. The summed E-state index contributed by atoms with van der Waals surface area (Å²) in [7, 11) is 4.68. The molecule has 1 aliphatic heterocycles. The van der Waals surface area contributed by atoms with E-state index in [0.29, 0.717) is 29.4 Å². The summed E-state index contributed by atoms with van der Waals surface area (Å²) < 4.78 is 21.1. The van der Waals surface area contributed by atoms with Gasteiger partial charge in [-0.25, -0.2) is 0 Å². The summed E-state index contributed by atoms with van der Waals surface area (Å²) in [6.07, 6.45) is 2.56. The van der Waals surface area contributed by atoms with Crippen LogP contribution in [-0.2, 0) is 4.74 Å². The molecule has 1 aliphatic rings. The first-order valence-corrected chi connectivity index (χ1v) is 6.49. The van der Waals surface area contributed by atoms with Gasteiger partial charge >= 0.3 is 0 Å². The Balaban J connectivity index is 2.40. The minimum atomic E-state index is -0.773. The van der Waals surface area contributed by atoms with Crippen LogP contribution in [0.25, 0.3) is 0 Å². The van der Waals surface area contributed by atoms with Gasteiger partial charge in [0.1, 0.15) is 11.9 Å². The van der Waals surface area contributed by atoms with Gasteiger partial charge in [-0.1, -0.05) is 0 Å². The fraction of sp³-hybridized carbons (Fsp3) is 0.467. The van der Waals surface area contributed by atoms with Crippen molar-refractivity contribution in [2.45, 2.75) is 18.9 Å². The van der Waals surface area contributed by atoms with Crippen LogP contribution in [0, 0.1) is 0 Å². The van der Waals surface area contributed by atoms with Gasteiger partial charge in [0.2, 0.25) is 0 Å². The van der Waals surface area contributed by atoms with E-state index in [9.17, 15) is 5.11 Å². The van der Waals surface area contributed by atoms with Crippen molar-refractivity contribution in [2.75, 3.05) is 27.9 Å². The van der Waals surface area contributed by atoms with Gasteiger partial charge in [0, 0.05) is 11.6 Å². The van der Waals surface area contributed by atoms with Gasteiger partial charge < -0.3 is 24.1 Å². The standard InChI is InChI=1S/C15H20O5/c1-17-12-8-14(19-3)13(18-2)7-11(12)15(16)10-5-4-6-20-9-10/h7-9,15-16H,4-6H2,1-3H3. The predicted molar refractivity (Wildman–Crippen MR) is 74.3 cm³/mol. The van der Waals surface area contributed by atoms with E-state index < -0.39 is 6.10 Å². The first-order valence-electron chi connectivity index (χ1n) is 6.49. The molecule has 0 aromatic heterocycles. The molecule has 0 radical (unpaired) electrons. The Morgan fingerprint density at radius 1 is 1.05 bits per heavy atom. The van der Waals surface area contributed by atoms with Crippen LogP contribution < -0.4 is 14.2 Å². The van der Waals surface area contributed by atoms with E-state index in [1.165, 1.54) is 0 Å². The number of ether oxygens (including phenoxy) is 4. The van der Waals surface area contributed by atoms with E-state index in [1.807, 2.05) is 0 Å². The highest BCUT2D eigenvalue weighted by Gasteiger charge is 2.22. The van der Waals surface area contributed by atoms with Crippen molar-refractivity contribution < 1.29 is 24.1 Å². The molecule has 0 amide bonds. The highest BCUT2D eigenvalue weighted by molar-refractivity contribution is 5.52.